The molecule has 2 N–H and O–H groups in total. The quantitative estimate of drug-likeness (QED) is 0.369. The third-order valence-corrected chi connectivity index (χ3v) is 6.70. The van der Waals surface area contributed by atoms with Crippen molar-refractivity contribution >= 4 is 5.96 Å². The monoisotopic (exact) mass is 415 g/mol. The van der Waals surface area contributed by atoms with E-state index < -0.39 is 0 Å². The fourth-order valence-corrected chi connectivity index (χ4v) is 4.98. The highest BCUT2D eigenvalue weighted by Crippen LogP contribution is 2.35. The Morgan fingerprint density at radius 1 is 1.03 bits per heavy atom. The minimum absolute atomic E-state index is 0.0795. The first-order valence-corrected chi connectivity index (χ1v) is 12.2. The summed E-state index contributed by atoms with van der Waals surface area (Å²) in [7, 11) is 0. The van der Waals surface area contributed by atoms with E-state index in [1.165, 1.54) is 64.5 Å². The lowest BCUT2D eigenvalue weighted by Crippen LogP contribution is -2.54. The van der Waals surface area contributed by atoms with Crippen LogP contribution < -0.4 is 16.2 Å². The molecule has 0 bridgehead atoms. The first-order chi connectivity index (χ1) is 14.7. The van der Waals surface area contributed by atoms with Gasteiger partial charge >= 0.3 is 0 Å². The molecule has 1 saturated carbocycles. The van der Waals surface area contributed by atoms with E-state index in [4.69, 9.17) is 4.99 Å². The van der Waals surface area contributed by atoms with Gasteiger partial charge in [0.25, 0.3) is 0 Å². The van der Waals surface area contributed by atoms with Crippen LogP contribution in [0.25, 0.3) is 0 Å². The SMILES string of the molecule is CCNC(=NCC1(N2CCCCC2)CCCCC1)NCCCCn1ccccc1=O. The number of rotatable bonds is 9. The van der Waals surface area contributed by atoms with E-state index in [2.05, 4.69) is 22.5 Å². The first-order valence-electron chi connectivity index (χ1n) is 12.2. The summed E-state index contributed by atoms with van der Waals surface area (Å²) in [5, 5.41) is 6.94. The van der Waals surface area contributed by atoms with Gasteiger partial charge < -0.3 is 15.2 Å². The number of piperidine rings is 1. The molecular formula is C24H41N5O. The minimum atomic E-state index is 0.0795. The molecule has 0 amide bonds. The summed E-state index contributed by atoms with van der Waals surface area (Å²) in [4.78, 5) is 19.6. The second-order valence-electron chi connectivity index (χ2n) is 8.89. The lowest BCUT2D eigenvalue weighted by Gasteiger charge is -2.47. The van der Waals surface area contributed by atoms with Crippen molar-refractivity contribution in [1.82, 2.24) is 20.1 Å². The van der Waals surface area contributed by atoms with Crippen LogP contribution in [-0.2, 0) is 6.54 Å². The number of nitrogens with one attached hydrogen (secondary N) is 2. The minimum Gasteiger partial charge on any atom is -0.357 e. The molecule has 1 aromatic heterocycles. The van der Waals surface area contributed by atoms with E-state index in [0.717, 1.165) is 45.0 Å². The molecule has 1 saturated heterocycles. The topological polar surface area (TPSA) is 61.7 Å². The van der Waals surface area contributed by atoms with Crippen molar-refractivity contribution in [2.45, 2.75) is 83.2 Å². The van der Waals surface area contributed by atoms with Gasteiger partial charge in [-0.3, -0.25) is 14.7 Å². The second kappa shape index (κ2) is 12.1. The molecule has 2 fully saturated rings. The second-order valence-corrected chi connectivity index (χ2v) is 8.89. The molecule has 1 aliphatic heterocycles. The zero-order chi connectivity index (χ0) is 21.1. The highest BCUT2D eigenvalue weighted by atomic mass is 16.1. The zero-order valence-corrected chi connectivity index (χ0v) is 18.9. The summed E-state index contributed by atoms with van der Waals surface area (Å²) >= 11 is 0. The molecule has 1 aliphatic carbocycles. The standard InChI is InChI=1S/C24H41N5O/c1-2-25-23(26-16-8-12-18-28-17-11-5-13-22(28)30)27-21-24(14-6-3-7-15-24)29-19-9-4-10-20-29/h5,11,13,17H,2-4,6-10,12,14-16,18-21H2,1H3,(H2,25,26,27). The van der Waals surface area contributed by atoms with Crippen LogP contribution in [0.15, 0.2) is 34.2 Å². The van der Waals surface area contributed by atoms with Gasteiger partial charge in [-0.05, 0) is 64.6 Å². The maximum absolute atomic E-state index is 11.8. The third-order valence-electron chi connectivity index (χ3n) is 6.70. The first kappa shape index (κ1) is 22.9. The number of likely N-dealkylation sites (tertiary alicyclic amines) is 1. The third kappa shape index (κ3) is 6.59. The molecule has 2 heterocycles. The average molecular weight is 416 g/mol. The summed E-state index contributed by atoms with van der Waals surface area (Å²) < 4.78 is 1.78. The van der Waals surface area contributed by atoms with Crippen LogP contribution in [0.1, 0.15) is 71.1 Å². The molecule has 3 rings (SSSR count). The number of unbranched alkanes of at least 4 members (excludes halogenated alkanes) is 1. The summed E-state index contributed by atoms with van der Waals surface area (Å²) in [5.74, 6) is 0.941. The van der Waals surface area contributed by atoms with Gasteiger partial charge in [0.1, 0.15) is 0 Å². The van der Waals surface area contributed by atoms with E-state index in [1.54, 1.807) is 16.7 Å². The van der Waals surface area contributed by atoms with E-state index in [0.29, 0.717) is 0 Å². The number of nitrogens with zero attached hydrogens (tertiary/aromatic N) is 3. The Morgan fingerprint density at radius 3 is 2.53 bits per heavy atom. The van der Waals surface area contributed by atoms with E-state index in [1.807, 2.05) is 12.3 Å². The molecule has 6 heteroatoms. The molecule has 2 aliphatic rings. The zero-order valence-electron chi connectivity index (χ0n) is 18.9. The predicted octanol–water partition coefficient (Wildman–Crippen LogP) is 3.37. The Bertz CT molecular complexity index is 702. The smallest absolute Gasteiger partial charge is 0.250 e. The lowest BCUT2D eigenvalue weighted by atomic mass is 9.79. The van der Waals surface area contributed by atoms with Gasteiger partial charge in [-0.1, -0.05) is 31.7 Å². The summed E-state index contributed by atoms with van der Waals surface area (Å²) in [6, 6.07) is 5.33. The van der Waals surface area contributed by atoms with Gasteiger partial charge in [0.15, 0.2) is 5.96 Å². The molecule has 0 unspecified atom stereocenters. The fraction of sp³-hybridized carbons (Fsp3) is 0.750. The molecule has 0 spiro atoms. The Morgan fingerprint density at radius 2 is 1.80 bits per heavy atom. The van der Waals surface area contributed by atoms with Crippen molar-refractivity contribution in [2.24, 2.45) is 4.99 Å². The van der Waals surface area contributed by atoms with E-state index >= 15 is 0 Å². The Balaban J connectivity index is 1.50. The molecule has 6 nitrogen and oxygen atoms in total. The van der Waals surface area contributed by atoms with Crippen LogP contribution in [0.4, 0.5) is 0 Å². The fourth-order valence-electron chi connectivity index (χ4n) is 4.98. The maximum atomic E-state index is 11.8. The summed E-state index contributed by atoms with van der Waals surface area (Å²) in [5.41, 5.74) is 0.353. The Labute approximate surface area is 182 Å². The average Bonchev–Trinajstić information content (AvgIpc) is 2.79. The molecule has 0 atom stereocenters. The van der Waals surface area contributed by atoms with Crippen molar-refractivity contribution in [2.75, 3.05) is 32.7 Å². The van der Waals surface area contributed by atoms with Crippen LogP contribution in [-0.4, -0.2) is 53.7 Å². The lowest BCUT2D eigenvalue weighted by molar-refractivity contribution is 0.0407. The molecule has 0 radical (unpaired) electrons. The number of aliphatic imine (C=N–C) groups is 1. The van der Waals surface area contributed by atoms with Gasteiger partial charge in [-0.25, -0.2) is 0 Å². The van der Waals surface area contributed by atoms with Crippen LogP contribution in [0.5, 0.6) is 0 Å². The van der Waals surface area contributed by atoms with Crippen LogP contribution in [0.2, 0.25) is 0 Å². The maximum Gasteiger partial charge on any atom is 0.250 e. The Kier molecular flexibility index (Phi) is 9.25. The molecule has 0 aromatic carbocycles. The van der Waals surface area contributed by atoms with E-state index in [-0.39, 0.29) is 11.1 Å². The molecule has 168 valence electrons. The number of guanidine groups is 1. The number of hydrogen-bond donors (Lipinski definition) is 2. The van der Waals surface area contributed by atoms with Crippen LogP contribution in [0.3, 0.4) is 0 Å². The number of hydrogen-bond acceptors (Lipinski definition) is 3. The van der Waals surface area contributed by atoms with Crippen molar-refractivity contribution in [3.05, 3.63) is 34.7 Å². The summed E-state index contributed by atoms with van der Waals surface area (Å²) in [6.07, 6.45) is 14.6. The van der Waals surface area contributed by atoms with Gasteiger partial charge in [0.2, 0.25) is 5.56 Å². The molecule has 30 heavy (non-hydrogen) atoms. The highest BCUT2D eigenvalue weighted by molar-refractivity contribution is 5.79. The summed E-state index contributed by atoms with van der Waals surface area (Å²) in [6.45, 7) is 8.05. The van der Waals surface area contributed by atoms with E-state index in [9.17, 15) is 4.79 Å². The van der Waals surface area contributed by atoms with Crippen LogP contribution >= 0.6 is 0 Å². The number of pyridine rings is 1. The highest BCUT2D eigenvalue weighted by Gasteiger charge is 2.38. The molecular weight excluding hydrogens is 374 g/mol. The normalized spacial score (nSPS) is 20.1. The van der Waals surface area contributed by atoms with Crippen molar-refractivity contribution < 1.29 is 0 Å². The van der Waals surface area contributed by atoms with Crippen molar-refractivity contribution in [1.29, 1.82) is 0 Å². The van der Waals surface area contributed by atoms with Gasteiger partial charge in [-0.15, -0.1) is 0 Å². The van der Waals surface area contributed by atoms with Gasteiger partial charge in [-0.2, -0.15) is 0 Å². The predicted molar refractivity (Wildman–Crippen MR) is 125 cm³/mol. The molecule has 1 aromatic rings. The van der Waals surface area contributed by atoms with Gasteiger partial charge in [0.05, 0.1) is 6.54 Å². The number of aryl methyl sites for hydroxylation is 1. The largest absolute Gasteiger partial charge is 0.357 e. The van der Waals surface area contributed by atoms with Gasteiger partial charge in [0, 0.05) is 37.4 Å². The van der Waals surface area contributed by atoms with Crippen LogP contribution in [0, 0.1) is 0 Å². The van der Waals surface area contributed by atoms with Crippen molar-refractivity contribution in [3.8, 4) is 0 Å². The number of aromatic nitrogens is 1. The van der Waals surface area contributed by atoms with Crippen molar-refractivity contribution in [3.63, 3.8) is 0 Å². The Hall–Kier alpha value is -1.82.